The highest BCUT2D eigenvalue weighted by molar-refractivity contribution is 7.92. The number of hydrogen-bond acceptors (Lipinski definition) is 11. The first-order valence-electron chi connectivity index (χ1n) is 17.3. The van der Waals surface area contributed by atoms with Gasteiger partial charge < -0.3 is 25.3 Å². The summed E-state index contributed by atoms with van der Waals surface area (Å²) in [7, 11) is -0.864. The normalized spacial score (nSPS) is 16.5. The number of anilines is 4. The lowest BCUT2D eigenvalue weighted by Crippen LogP contribution is -2.49. The molecule has 3 heterocycles. The van der Waals surface area contributed by atoms with E-state index in [1.54, 1.807) is 33.0 Å². The number of imide groups is 1. The summed E-state index contributed by atoms with van der Waals surface area (Å²) in [6.45, 7) is 8.32. The summed E-state index contributed by atoms with van der Waals surface area (Å²) in [5.74, 6) is -2.20. The molecule has 18 heteroatoms. The average molecular weight is 742 g/mol. The van der Waals surface area contributed by atoms with E-state index in [1.807, 2.05) is 18.7 Å². The molecule has 3 N–H and O–H groups in total. The van der Waals surface area contributed by atoms with Crippen molar-refractivity contribution in [2.45, 2.75) is 83.8 Å². The van der Waals surface area contributed by atoms with E-state index in [9.17, 15) is 37.8 Å². The molecule has 17 nitrogen and oxygen atoms in total. The van der Waals surface area contributed by atoms with E-state index in [1.165, 1.54) is 30.3 Å². The summed E-state index contributed by atoms with van der Waals surface area (Å²) in [6, 6.07) is 3.78. The lowest BCUT2D eigenvalue weighted by molar-refractivity contribution is -0.137. The third-order valence-electron chi connectivity index (χ3n) is 9.93. The predicted molar refractivity (Wildman–Crippen MR) is 196 cm³/mol. The van der Waals surface area contributed by atoms with Crippen LogP contribution < -0.4 is 25.1 Å². The number of amides is 3. The molecule has 1 aliphatic carbocycles. The molecule has 2 fully saturated rings. The molecule has 2 aromatic heterocycles. The van der Waals surface area contributed by atoms with E-state index in [-0.39, 0.29) is 29.4 Å². The van der Waals surface area contributed by atoms with Crippen LogP contribution in [0.5, 0.6) is 5.88 Å². The van der Waals surface area contributed by atoms with E-state index in [0.29, 0.717) is 37.4 Å². The molecule has 52 heavy (non-hydrogen) atoms. The van der Waals surface area contributed by atoms with Gasteiger partial charge in [0.1, 0.15) is 17.3 Å². The summed E-state index contributed by atoms with van der Waals surface area (Å²) in [4.78, 5) is 66.3. The van der Waals surface area contributed by atoms with E-state index < -0.39 is 57.1 Å². The number of carbonyl (C=O) groups is 3. The molecule has 3 amide bonds. The average Bonchev–Trinajstić information content (AvgIpc) is 3.41. The summed E-state index contributed by atoms with van der Waals surface area (Å²) in [5, 5.41) is 24.6. The van der Waals surface area contributed by atoms with Crippen LogP contribution in [0.15, 0.2) is 35.3 Å². The zero-order chi connectivity index (χ0) is 38.3. The SMILES string of the molecule is CCN(CC)c1ncc(N(C(C)C)S(C)(=O)=O)c(NC(Cc2ccc(-n3c(O)c(N4C(=O)N(C)C5(CCCCC5)C4=O)n(C)c3=O)cc2)C(=O)O)n1. The van der Waals surface area contributed by atoms with Crippen molar-refractivity contribution in [2.75, 3.05) is 45.8 Å². The third-order valence-corrected chi connectivity index (χ3v) is 11.3. The second-order valence-electron chi connectivity index (χ2n) is 13.5. The monoisotopic (exact) mass is 741 g/mol. The van der Waals surface area contributed by atoms with Crippen LogP contribution in [0.4, 0.5) is 28.1 Å². The molecule has 3 aromatic rings. The summed E-state index contributed by atoms with van der Waals surface area (Å²) in [6.07, 6.45) is 5.85. The van der Waals surface area contributed by atoms with E-state index in [2.05, 4.69) is 15.3 Å². The number of aromatic nitrogens is 4. The molecule has 1 unspecified atom stereocenters. The van der Waals surface area contributed by atoms with E-state index in [0.717, 1.165) is 43.9 Å². The van der Waals surface area contributed by atoms with Crippen LogP contribution in [0.25, 0.3) is 5.69 Å². The number of benzene rings is 1. The van der Waals surface area contributed by atoms with Crippen LogP contribution in [0.2, 0.25) is 0 Å². The molecule has 282 valence electrons. The van der Waals surface area contributed by atoms with Crippen LogP contribution in [0.3, 0.4) is 0 Å². The van der Waals surface area contributed by atoms with Crippen molar-refractivity contribution in [3.05, 3.63) is 46.5 Å². The van der Waals surface area contributed by atoms with Crippen molar-refractivity contribution in [1.29, 1.82) is 0 Å². The molecular formula is C34H47N9O8S. The molecule has 1 atom stereocenters. The van der Waals surface area contributed by atoms with E-state index in [4.69, 9.17) is 0 Å². The first-order valence-corrected chi connectivity index (χ1v) is 19.2. The number of carboxylic acid groups (broad SMARTS) is 1. The van der Waals surface area contributed by atoms with Gasteiger partial charge in [0.25, 0.3) is 5.91 Å². The van der Waals surface area contributed by atoms with Crippen LogP contribution >= 0.6 is 0 Å². The summed E-state index contributed by atoms with van der Waals surface area (Å²) < 4.78 is 28.8. The van der Waals surface area contributed by atoms with Gasteiger partial charge in [0, 0.05) is 39.6 Å². The zero-order valence-corrected chi connectivity index (χ0v) is 31.3. The van der Waals surface area contributed by atoms with Gasteiger partial charge in [-0.05, 0) is 58.2 Å². The molecule has 0 radical (unpaired) electrons. The van der Waals surface area contributed by atoms with Gasteiger partial charge in [0.15, 0.2) is 11.6 Å². The largest absolute Gasteiger partial charge is 0.492 e. The number of aliphatic carboxylic acids is 1. The number of aromatic hydroxyl groups is 1. The summed E-state index contributed by atoms with van der Waals surface area (Å²) >= 11 is 0. The second kappa shape index (κ2) is 14.5. The van der Waals surface area contributed by atoms with Gasteiger partial charge in [-0.1, -0.05) is 31.4 Å². The first kappa shape index (κ1) is 38.1. The molecule has 1 saturated carbocycles. The maximum Gasteiger partial charge on any atom is 0.337 e. The topological polar surface area (TPSA) is 204 Å². The van der Waals surface area contributed by atoms with Crippen LogP contribution in [-0.2, 0) is 33.1 Å². The number of imidazole rings is 1. The zero-order valence-electron chi connectivity index (χ0n) is 30.5. The maximum absolute atomic E-state index is 13.8. The van der Waals surface area contributed by atoms with E-state index >= 15 is 0 Å². The number of urea groups is 1. The molecule has 1 aromatic carbocycles. The highest BCUT2D eigenvalue weighted by Crippen LogP contribution is 2.43. The number of rotatable bonds is 13. The van der Waals surface area contributed by atoms with Crippen molar-refractivity contribution in [3.63, 3.8) is 0 Å². The molecule has 1 spiro atoms. The lowest BCUT2D eigenvalue weighted by atomic mass is 9.81. The van der Waals surface area contributed by atoms with Crippen molar-refractivity contribution in [1.82, 2.24) is 24.0 Å². The number of carboxylic acids is 1. The Morgan fingerprint density at radius 3 is 2.19 bits per heavy atom. The standard InChI is InChI=1S/C34H47N9O8S/c1-8-40(9-2)31-35-20-25(43(21(3)4)52(7,50)51)26(37-31)36-24(29(45)46)19-22-13-15-23(16-14-22)41-28(44)27(38(5)32(41)48)42-30(47)34(39(6)33(42)49)17-11-10-12-18-34/h13-16,20-21,24,44H,8-12,17-19H2,1-7H3,(H,45,46)(H,35,36,37). The van der Waals surface area contributed by atoms with Gasteiger partial charge in [0.2, 0.25) is 21.9 Å². The predicted octanol–water partition coefficient (Wildman–Crippen LogP) is 2.90. The number of likely N-dealkylation sites (N-methyl/N-ethyl adjacent to an activating group) is 1. The minimum absolute atomic E-state index is 0.0278. The molecule has 2 aliphatic rings. The fraction of sp³-hybridized carbons (Fsp3) is 0.529. The quantitative estimate of drug-likeness (QED) is 0.217. The smallest absolute Gasteiger partial charge is 0.337 e. The maximum atomic E-state index is 13.8. The van der Waals surface area contributed by atoms with Gasteiger partial charge >= 0.3 is 17.7 Å². The lowest BCUT2D eigenvalue weighted by Gasteiger charge is -2.35. The third kappa shape index (κ3) is 6.66. The minimum atomic E-state index is -3.80. The Balaban J connectivity index is 1.46. The van der Waals surface area contributed by atoms with Crippen LogP contribution in [-0.4, -0.2) is 105 Å². The molecule has 1 saturated heterocycles. The van der Waals surface area contributed by atoms with Crippen LogP contribution in [0.1, 0.15) is 65.4 Å². The van der Waals surface area contributed by atoms with Crippen molar-refractivity contribution in [2.24, 2.45) is 7.05 Å². The summed E-state index contributed by atoms with van der Waals surface area (Å²) in [5.41, 5.74) is -0.871. The fourth-order valence-electron chi connectivity index (χ4n) is 7.22. The number of carbonyl (C=O) groups excluding carboxylic acids is 2. The number of nitrogens with one attached hydrogen (secondary N) is 1. The van der Waals surface area contributed by atoms with Crippen molar-refractivity contribution in [3.8, 4) is 11.6 Å². The number of nitrogens with zero attached hydrogens (tertiary/aromatic N) is 8. The number of sulfonamides is 1. The Morgan fingerprint density at radius 2 is 1.65 bits per heavy atom. The molecule has 1 aliphatic heterocycles. The van der Waals surface area contributed by atoms with Gasteiger partial charge in [0.05, 0.1) is 18.1 Å². The second-order valence-corrected chi connectivity index (χ2v) is 15.4. The van der Waals surface area contributed by atoms with Crippen molar-refractivity contribution >= 4 is 51.2 Å². The molecular weight excluding hydrogens is 694 g/mol. The molecule has 5 rings (SSSR count). The van der Waals surface area contributed by atoms with Crippen LogP contribution in [0, 0.1) is 0 Å². The highest BCUT2D eigenvalue weighted by Gasteiger charge is 2.57. The Labute approximate surface area is 302 Å². The minimum Gasteiger partial charge on any atom is -0.492 e. The Hall–Kier alpha value is -5.13. The fourth-order valence-corrected chi connectivity index (χ4v) is 8.48. The Morgan fingerprint density at radius 1 is 1.04 bits per heavy atom. The van der Waals surface area contributed by atoms with Crippen molar-refractivity contribution < 1.29 is 33.0 Å². The molecule has 0 bridgehead atoms. The number of hydrogen-bond donors (Lipinski definition) is 3. The Bertz CT molecular complexity index is 2020. The first-order chi connectivity index (χ1) is 24.5. The highest BCUT2D eigenvalue weighted by atomic mass is 32.2. The van der Waals surface area contributed by atoms with Gasteiger partial charge in [-0.25, -0.2) is 37.3 Å². The van der Waals surface area contributed by atoms with Gasteiger partial charge in [-0.2, -0.15) is 4.98 Å². The van der Waals surface area contributed by atoms with Gasteiger partial charge in [-0.3, -0.25) is 13.7 Å². The van der Waals surface area contributed by atoms with Gasteiger partial charge in [-0.15, -0.1) is 0 Å². The Kier molecular flexibility index (Phi) is 10.6.